The van der Waals surface area contributed by atoms with Gasteiger partial charge in [0.15, 0.2) is 0 Å². The van der Waals surface area contributed by atoms with Crippen molar-refractivity contribution in [2.45, 2.75) is 50.8 Å². The quantitative estimate of drug-likeness (QED) is 0.0764. The highest BCUT2D eigenvalue weighted by Gasteiger charge is 2.32. The highest BCUT2D eigenvalue weighted by atomic mass is 35.5. The van der Waals surface area contributed by atoms with Gasteiger partial charge in [0.1, 0.15) is 22.8 Å². The van der Waals surface area contributed by atoms with Crippen molar-refractivity contribution in [2.75, 3.05) is 62.7 Å². The third-order valence-corrected chi connectivity index (χ3v) is 13.6. The van der Waals surface area contributed by atoms with E-state index in [1.807, 2.05) is 18.2 Å². The Morgan fingerprint density at radius 1 is 1.03 bits per heavy atom. The molecule has 3 N–H and O–H groups in total. The monoisotopic (exact) mass is 867 g/mol. The molecule has 2 fully saturated rings. The van der Waals surface area contributed by atoms with Gasteiger partial charge in [-0.3, -0.25) is 19.8 Å². The Labute approximate surface area is 360 Å². The number of nitro benzene ring substituents is 1. The number of rotatable bonds is 13. The van der Waals surface area contributed by atoms with Crippen molar-refractivity contribution in [3.63, 3.8) is 0 Å². The van der Waals surface area contributed by atoms with Crippen LogP contribution in [0.25, 0.3) is 16.6 Å². The second-order valence-electron chi connectivity index (χ2n) is 16.7. The molecule has 4 heterocycles. The summed E-state index contributed by atoms with van der Waals surface area (Å²) >= 11 is 6.25. The van der Waals surface area contributed by atoms with Crippen LogP contribution in [0.4, 0.5) is 17.1 Å². The summed E-state index contributed by atoms with van der Waals surface area (Å²) in [5, 5.41) is 16.7. The average Bonchev–Trinajstić information content (AvgIpc) is 3.72. The number of benzene rings is 3. The number of sulfonamides is 1. The maximum atomic E-state index is 13.9. The molecule has 1 amide bonds. The molecule has 8 rings (SSSR count). The molecule has 0 saturated carbocycles. The molecule has 1 aliphatic carbocycles. The van der Waals surface area contributed by atoms with Gasteiger partial charge in [0.05, 0.1) is 21.6 Å². The van der Waals surface area contributed by atoms with Crippen LogP contribution in [0.2, 0.25) is 5.02 Å². The van der Waals surface area contributed by atoms with Crippen LogP contribution in [-0.4, -0.2) is 86.6 Å². The summed E-state index contributed by atoms with van der Waals surface area (Å²) in [7, 11) is -4.55. The van der Waals surface area contributed by atoms with E-state index in [1.54, 1.807) is 30.5 Å². The van der Waals surface area contributed by atoms with Crippen molar-refractivity contribution in [3.05, 3.63) is 117 Å². The highest BCUT2D eigenvalue weighted by Crippen LogP contribution is 2.46. The minimum Gasteiger partial charge on any atom is -0.455 e. The lowest BCUT2D eigenvalue weighted by Crippen LogP contribution is -2.47. The molecule has 3 aliphatic rings. The number of pyridine rings is 1. The number of H-pyrrole nitrogens is 1. The Kier molecular flexibility index (Phi) is 12.4. The topological polar surface area (TPSA) is 172 Å². The summed E-state index contributed by atoms with van der Waals surface area (Å²) in [6.45, 7) is 10.4. The van der Waals surface area contributed by atoms with Gasteiger partial charge in [-0.15, -0.1) is 0 Å². The Hall–Kier alpha value is -5.48. The lowest BCUT2D eigenvalue weighted by molar-refractivity contribution is -0.384. The number of aromatic amines is 1. The van der Waals surface area contributed by atoms with E-state index in [-0.39, 0.29) is 28.3 Å². The average molecular weight is 868 g/mol. The smallest absolute Gasteiger partial charge is 0.293 e. The molecule has 14 nitrogen and oxygen atoms in total. The number of hydrogen-bond acceptors (Lipinski definition) is 11. The standard InChI is InChI=1S/C45H50ClN7O7S/c1-45(2)16-3-4-33(42(45)31-5-7-34(46)8-6-31)29-51-18-20-52(21-19-51)35-9-11-38(41(25-35)60-36-24-32-13-17-47-43(32)49-28-36)44(54)50-61(57,58)37-10-12-39(40(26-37)53(55)56)48-27-30-14-22-59-23-15-30/h5-13,17,24-26,28,30,48H,3-4,14-16,18-23,27,29H2,1-2H3,(H,47,49)(H,50,54). The lowest BCUT2D eigenvalue weighted by Gasteiger charge is -2.40. The maximum Gasteiger partial charge on any atom is 0.293 e. The van der Waals surface area contributed by atoms with E-state index >= 15 is 0 Å². The Balaban J connectivity index is 1.01. The first-order valence-electron chi connectivity index (χ1n) is 20.7. The molecular weight excluding hydrogens is 818 g/mol. The first kappa shape index (κ1) is 42.2. The summed E-state index contributed by atoms with van der Waals surface area (Å²) < 4.78 is 41.2. The van der Waals surface area contributed by atoms with Crippen LogP contribution < -0.4 is 19.7 Å². The zero-order chi connectivity index (χ0) is 42.7. The third kappa shape index (κ3) is 9.70. The van der Waals surface area contributed by atoms with E-state index < -0.39 is 31.4 Å². The third-order valence-electron chi connectivity index (χ3n) is 12.0. The second-order valence-corrected chi connectivity index (χ2v) is 18.8. The molecule has 0 radical (unpaired) electrons. The lowest BCUT2D eigenvalue weighted by atomic mass is 9.70. The summed E-state index contributed by atoms with van der Waals surface area (Å²) in [4.78, 5) is 37.1. The minimum atomic E-state index is -4.55. The molecule has 0 atom stereocenters. The second kappa shape index (κ2) is 17.9. The molecule has 2 aromatic heterocycles. The fourth-order valence-corrected chi connectivity index (χ4v) is 9.89. The number of anilines is 2. The number of halogens is 1. The van der Waals surface area contributed by atoms with Gasteiger partial charge in [-0.1, -0.05) is 43.2 Å². The Morgan fingerprint density at radius 3 is 2.56 bits per heavy atom. The highest BCUT2D eigenvalue weighted by molar-refractivity contribution is 7.90. The van der Waals surface area contributed by atoms with Crippen LogP contribution in [0.3, 0.4) is 0 Å². The molecular formula is C45H50ClN7O7S. The van der Waals surface area contributed by atoms with Crippen molar-refractivity contribution in [2.24, 2.45) is 11.3 Å². The number of aromatic nitrogens is 2. The first-order chi connectivity index (χ1) is 29.3. The van der Waals surface area contributed by atoms with Crippen molar-refractivity contribution in [1.82, 2.24) is 19.6 Å². The van der Waals surface area contributed by atoms with E-state index in [2.05, 4.69) is 55.8 Å². The molecule has 5 aromatic rings. The fraction of sp³-hybridized carbons (Fsp3) is 0.378. The summed E-state index contributed by atoms with van der Waals surface area (Å²) in [5.74, 6) is -0.196. The maximum absolute atomic E-state index is 13.9. The van der Waals surface area contributed by atoms with Gasteiger partial charge in [-0.25, -0.2) is 18.1 Å². The SMILES string of the molecule is CC1(C)CCCC(CN2CCN(c3ccc(C(=O)NS(=O)(=O)c4ccc(NCC5CCOCC5)c([N+](=O)[O-])c4)c(Oc4cnc5[nH]ccc5c4)c3)CC2)=C1c1ccc(Cl)cc1. The van der Waals surface area contributed by atoms with Crippen LogP contribution in [0.15, 0.2) is 95.7 Å². The van der Waals surface area contributed by atoms with E-state index in [9.17, 15) is 23.3 Å². The van der Waals surface area contributed by atoms with Gasteiger partial charge >= 0.3 is 0 Å². The van der Waals surface area contributed by atoms with Gasteiger partial charge in [-0.05, 0) is 103 Å². The number of nitrogens with zero attached hydrogens (tertiary/aromatic N) is 4. The number of nitrogens with one attached hydrogen (secondary N) is 3. The van der Waals surface area contributed by atoms with E-state index in [1.165, 1.54) is 35.0 Å². The molecule has 16 heteroatoms. The van der Waals surface area contributed by atoms with E-state index in [0.29, 0.717) is 31.2 Å². The summed E-state index contributed by atoms with van der Waals surface area (Å²) in [5.41, 5.74) is 5.38. The number of piperazine rings is 1. The van der Waals surface area contributed by atoms with Gasteiger partial charge in [0.25, 0.3) is 21.6 Å². The minimum absolute atomic E-state index is 0.0362. The molecule has 2 aliphatic heterocycles. The van der Waals surface area contributed by atoms with Crippen LogP contribution in [0, 0.1) is 21.4 Å². The largest absolute Gasteiger partial charge is 0.455 e. The molecule has 0 bridgehead atoms. The van der Waals surface area contributed by atoms with Crippen molar-refractivity contribution >= 4 is 61.2 Å². The Bertz CT molecular complexity index is 2560. The molecule has 61 heavy (non-hydrogen) atoms. The number of allylic oxidation sites excluding steroid dienone is 1. The van der Waals surface area contributed by atoms with E-state index in [0.717, 1.165) is 87.0 Å². The van der Waals surface area contributed by atoms with Crippen LogP contribution >= 0.6 is 11.6 Å². The molecule has 0 spiro atoms. The zero-order valence-electron chi connectivity index (χ0n) is 34.3. The number of carbonyl (C=O) groups excluding carboxylic acids is 1. The summed E-state index contributed by atoms with van der Waals surface area (Å²) in [6, 6.07) is 20.4. The zero-order valence-corrected chi connectivity index (χ0v) is 35.9. The van der Waals surface area contributed by atoms with E-state index in [4.69, 9.17) is 21.1 Å². The molecule has 3 aromatic carbocycles. The predicted octanol–water partition coefficient (Wildman–Crippen LogP) is 8.66. The number of nitro groups is 1. The number of hydrogen-bond donors (Lipinski definition) is 3. The number of carbonyl (C=O) groups is 1. The molecule has 320 valence electrons. The number of ether oxygens (including phenoxy) is 2. The van der Waals surface area contributed by atoms with Crippen LogP contribution in [0.1, 0.15) is 61.9 Å². The van der Waals surface area contributed by atoms with Gasteiger partial charge in [-0.2, -0.15) is 0 Å². The number of fused-ring (bicyclic) bond motifs is 1. The first-order valence-corrected chi connectivity index (χ1v) is 22.6. The van der Waals surface area contributed by atoms with Gasteiger partial charge in [0.2, 0.25) is 0 Å². The Morgan fingerprint density at radius 2 is 1.80 bits per heavy atom. The summed E-state index contributed by atoms with van der Waals surface area (Å²) in [6.07, 6.45) is 8.27. The molecule has 0 unspecified atom stereocenters. The van der Waals surface area contributed by atoms with Gasteiger partial charge < -0.3 is 24.7 Å². The fourth-order valence-electron chi connectivity index (χ4n) is 8.78. The van der Waals surface area contributed by atoms with Crippen molar-refractivity contribution < 1.29 is 27.6 Å². The van der Waals surface area contributed by atoms with Crippen molar-refractivity contribution in [1.29, 1.82) is 0 Å². The molecule has 2 saturated heterocycles. The predicted molar refractivity (Wildman–Crippen MR) is 237 cm³/mol. The number of amides is 1. The van der Waals surface area contributed by atoms with Crippen LogP contribution in [-0.2, 0) is 14.8 Å². The van der Waals surface area contributed by atoms with Crippen LogP contribution in [0.5, 0.6) is 11.5 Å². The normalized spacial score (nSPS) is 17.7. The van der Waals surface area contributed by atoms with Gasteiger partial charge in [0, 0.05) is 86.9 Å². The van der Waals surface area contributed by atoms with Crippen molar-refractivity contribution in [3.8, 4) is 11.5 Å².